The third kappa shape index (κ3) is 2.83. The highest BCUT2D eigenvalue weighted by Gasteiger charge is 2.42. The predicted octanol–water partition coefficient (Wildman–Crippen LogP) is 4.02. The van der Waals surface area contributed by atoms with Gasteiger partial charge in [0.15, 0.2) is 0 Å². The van der Waals surface area contributed by atoms with Gasteiger partial charge in [0.2, 0.25) is 0 Å². The summed E-state index contributed by atoms with van der Waals surface area (Å²) in [5.74, 6) is 0.927. The summed E-state index contributed by atoms with van der Waals surface area (Å²) >= 11 is 0. The first kappa shape index (κ1) is 15.6. The number of carbonyl (C=O) groups excluding carboxylic acids is 1. The lowest BCUT2D eigenvalue weighted by Crippen LogP contribution is -2.39. The monoisotopic (exact) mass is 309 g/mol. The van der Waals surface area contributed by atoms with Crippen molar-refractivity contribution in [1.29, 1.82) is 0 Å². The average Bonchev–Trinajstić information content (AvgIpc) is 2.76. The van der Waals surface area contributed by atoms with E-state index in [1.54, 1.807) is 7.11 Å². The molecule has 3 nitrogen and oxygen atoms in total. The van der Waals surface area contributed by atoms with Gasteiger partial charge in [0.05, 0.1) is 12.6 Å². The molecule has 120 valence electrons. The number of hydrogen-bond acceptors (Lipinski definition) is 2. The summed E-state index contributed by atoms with van der Waals surface area (Å²) in [6.07, 6.45) is 1.95. The molecule has 0 radical (unpaired) electrons. The summed E-state index contributed by atoms with van der Waals surface area (Å²) in [6.45, 7) is 4.98. The Morgan fingerprint density at radius 1 is 1.09 bits per heavy atom. The molecule has 1 aliphatic rings. The standard InChI is InChI=1S/C20H23NO2/c1-20(2)18-14-16(23-3)11-12-17(18)19(22)21(20)13-7-10-15-8-5-4-6-9-15/h4-6,8-9,11-12,14H,7,10,13H2,1-3H3. The first-order chi connectivity index (χ1) is 11.0. The van der Waals surface area contributed by atoms with Crippen molar-refractivity contribution >= 4 is 5.91 Å². The van der Waals surface area contributed by atoms with Gasteiger partial charge in [-0.25, -0.2) is 0 Å². The number of aryl methyl sites for hydroxylation is 1. The van der Waals surface area contributed by atoms with Gasteiger partial charge in [0.1, 0.15) is 5.75 Å². The van der Waals surface area contributed by atoms with E-state index in [1.165, 1.54) is 5.56 Å². The second-order valence-electron chi connectivity index (χ2n) is 6.52. The Balaban J connectivity index is 1.75. The molecule has 0 unspecified atom stereocenters. The minimum absolute atomic E-state index is 0.126. The molecule has 0 aromatic heterocycles. The highest BCUT2D eigenvalue weighted by molar-refractivity contribution is 6.00. The van der Waals surface area contributed by atoms with E-state index in [9.17, 15) is 4.79 Å². The van der Waals surface area contributed by atoms with Crippen LogP contribution < -0.4 is 4.74 Å². The van der Waals surface area contributed by atoms with Gasteiger partial charge in [-0.05, 0) is 56.0 Å². The molecule has 23 heavy (non-hydrogen) atoms. The van der Waals surface area contributed by atoms with Crippen LogP contribution >= 0.6 is 0 Å². The molecular formula is C20H23NO2. The Bertz CT molecular complexity index is 707. The Kier molecular flexibility index (Phi) is 4.12. The van der Waals surface area contributed by atoms with Crippen molar-refractivity contribution < 1.29 is 9.53 Å². The zero-order valence-electron chi connectivity index (χ0n) is 14.0. The maximum atomic E-state index is 12.7. The van der Waals surface area contributed by atoms with Gasteiger partial charge in [-0.15, -0.1) is 0 Å². The van der Waals surface area contributed by atoms with E-state index in [0.717, 1.165) is 36.3 Å². The molecule has 0 N–H and O–H groups in total. The van der Waals surface area contributed by atoms with Crippen molar-refractivity contribution in [2.24, 2.45) is 0 Å². The lowest BCUT2D eigenvalue weighted by atomic mass is 9.93. The molecule has 0 atom stereocenters. The quantitative estimate of drug-likeness (QED) is 0.835. The van der Waals surface area contributed by atoms with Crippen LogP contribution in [0.25, 0.3) is 0 Å². The topological polar surface area (TPSA) is 29.5 Å². The molecule has 1 aliphatic heterocycles. The van der Waals surface area contributed by atoms with Crippen LogP contribution in [0, 0.1) is 0 Å². The first-order valence-electron chi connectivity index (χ1n) is 8.08. The van der Waals surface area contributed by atoms with Crippen molar-refractivity contribution in [3.63, 3.8) is 0 Å². The molecule has 1 amide bonds. The minimum atomic E-state index is -0.294. The van der Waals surface area contributed by atoms with Crippen LogP contribution in [0.1, 0.15) is 41.8 Å². The van der Waals surface area contributed by atoms with Crippen LogP contribution in [0.5, 0.6) is 5.75 Å². The van der Waals surface area contributed by atoms with Crippen LogP contribution in [0.3, 0.4) is 0 Å². The minimum Gasteiger partial charge on any atom is -0.497 e. The number of methoxy groups -OCH3 is 1. The molecule has 0 fully saturated rings. The smallest absolute Gasteiger partial charge is 0.254 e. The molecule has 3 rings (SSSR count). The SMILES string of the molecule is COc1ccc2c(c1)C(C)(C)N(CCCc1ccccc1)C2=O. The summed E-state index contributed by atoms with van der Waals surface area (Å²) in [4.78, 5) is 14.7. The fraction of sp³-hybridized carbons (Fsp3) is 0.350. The van der Waals surface area contributed by atoms with Crippen LogP contribution in [0.2, 0.25) is 0 Å². The van der Waals surface area contributed by atoms with E-state index in [0.29, 0.717) is 0 Å². The lowest BCUT2D eigenvalue weighted by molar-refractivity contribution is 0.0615. The molecule has 0 aliphatic carbocycles. The highest BCUT2D eigenvalue weighted by atomic mass is 16.5. The van der Waals surface area contributed by atoms with E-state index in [4.69, 9.17) is 4.74 Å². The van der Waals surface area contributed by atoms with E-state index >= 15 is 0 Å². The van der Waals surface area contributed by atoms with Crippen LogP contribution in [-0.4, -0.2) is 24.5 Å². The van der Waals surface area contributed by atoms with Gasteiger partial charge in [-0.1, -0.05) is 30.3 Å². The normalized spacial score (nSPS) is 15.6. The zero-order valence-corrected chi connectivity index (χ0v) is 14.0. The Hall–Kier alpha value is -2.29. The second-order valence-corrected chi connectivity index (χ2v) is 6.52. The van der Waals surface area contributed by atoms with Crippen LogP contribution in [-0.2, 0) is 12.0 Å². The largest absolute Gasteiger partial charge is 0.497 e. The number of rotatable bonds is 5. The molecule has 1 heterocycles. The maximum Gasteiger partial charge on any atom is 0.254 e. The summed E-state index contributed by atoms with van der Waals surface area (Å²) in [6, 6.07) is 16.2. The first-order valence-corrected chi connectivity index (χ1v) is 8.08. The summed E-state index contributed by atoms with van der Waals surface area (Å²) in [7, 11) is 1.66. The Labute approximate surface area is 137 Å². The van der Waals surface area contributed by atoms with E-state index < -0.39 is 0 Å². The number of carbonyl (C=O) groups is 1. The zero-order chi connectivity index (χ0) is 16.4. The van der Waals surface area contributed by atoms with Gasteiger partial charge >= 0.3 is 0 Å². The van der Waals surface area contributed by atoms with Gasteiger partial charge in [0.25, 0.3) is 5.91 Å². The molecule has 3 heteroatoms. The molecule has 0 saturated heterocycles. The number of hydrogen-bond donors (Lipinski definition) is 0. The summed E-state index contributed by atoms with van der Waals surface area (Å²) in [5, 5.41) is 0. The maximum absolute atomic E-state index is 12.7. The van der Waals surface area contributed by atoms with Crippen molar-refractivity contribution in [3.05, 3.63) is 65.2 Å². The predicted molar refractivity (Wildman–Crippen MR) is 91.8 cm³/mol. The van der Waals surface area contributed by atoms with Crippen molar-refractivity contribution in [2.75, 3.05) is 13.7 Å². The van der Waals surface area contributed by atoms with Gasteiger partial charge < -0.3 is 9.64 Å². The van der Waals surface area contributed by atoms with E-state index in [-0.39, 0.29) is 11.4 Å². The molecule has 2 aromatic carbocycles. The molecule has 0 bridgehead atoms. The number of ether oxygens (including phenoxy) is 1. The Morgan fingerprint density at radius 3 is 2.52 bits per heavy atom. The fourth-order valence-electron chi connectivity index (χ4n) is 3.35. The average molecular weight is 309 g/mol. The Morgan fingerprint density at radius 2 is 1.83 bits per heavy atom. The second kappa shape index (κ2) is 6.07. The summed E-state index contributed by atoms with van der Waals surface area (Å²) in [5.41, 5.74) is 2.88. The molecule has 2 aromatic rings. The van der Waals surface area contributed by atoms with Gasteiger partial charge in [-0.2, -0.15) is 0 Å². The third-order valence-electron chi connectivity index (χ3n) is 4.73. The van der Waals surface area contributed by atoms with E-state index in [1.807, 2.05) is 29.2 Å². The van der Waals surface area contributed by atoms with Crippen molar-refractivity contribution in [2.45, 2.75) is 32.2 Å². The summed E-state index contributed by atoms with van der Waals surface area (Å²) < 4.78 is 5.31. The third-order valence-corrected chi connectivity index (χ3v) is 4.73. The van der Waals surface area contributed by atoms with Crippen LogP contribution in [0.15, 0.2) is 48.5 Å². The number of amides is 1. The number of nitrogens with zero attached hydrogens (tertiary/aromatic N) is 1. The van der Waals surface area contributed by atoms with Gasteiger partial charge in [-0.3, -0.25) is 4.79 Å². The van der Waals surface area contributed by atoms with E-state index in [2.05, 4.69) is 38.1 Å². The van der Waals surface area contributed by atoms with Crippen molar-refractivity contribution in [1.82, 2.24) is 4.90 Å². The van der Waals surface area contributed by atoms with Crippen molar-refractivity contribution in [3.8, 4) is 5.75 Å². The number of benzene rings is 2. The lowest BCUT2D eigenvalue weighted by Gasteiger charge is -2.32. The fourth-order valence-corrected chi connectivity index (χ4v) is 3.35. The highest BCUT2D eigenvalue weighted by Crippen LogP contribution is 2.40. The molecule has 0 saturated carbocycles. The van der Waals surface area contributed by atoms with Gasteiger partial charge in [0, 0.05) is 12.1 Å². The number of fused-ring (bicyclic) bond motifs is 1. The molecule has 0 spiro atoms. The molecular weight excluding hydrogens is 286 g/mol. The van der Waals surface area contributed by atoms with Crippen LogP contribution in [0.4, 0.5) is 0 Å².